The first-order chi connectivity index (χ1) is 11.1. The number of hydrogen-bond donors (Lipinski definition) is 1. The lowest BCUT2D eigenvalue weighted by molar-refractivity contribution is 0.113. The van der Waals surface area contributed by atoms with Gasteiger partial charge in [0, 0.05) is 54.4 Å². The number of likely N-dealkylation sites (tertiary alicyclic amines) is 1. The molecule has 2 aliphatic heterocycles. The van der Waals surface area contributed by atoms with Crippen molar-refractivity contribution >= 4 is 11.6 Å². The highest BCUT2D eigenvalue weighted by Crippen LogP contribution is 2.36. The average Bonchev–Trinajstić information content (AvgIpc) is 2.52. The maximum Gasteiger partial charge on any atom is 0.250 e. The van der Waals surface area contributed by atoms with Gasteiger partial charge in [-0.2, -0.15) is 0 Å². The molecule has 0 aliphatic carbocycles. The second-order valence-electron chi connectivity index (χ2n) is 6.67. The lowest BCUT2D eigenvalue weighted by Crippen LogP contribution is -2.46. The van der Waals surface area contributed by atoms with Crippen LogP contribution in [0.5, 0.6) is 5.75 Å². The number of piperidine rings is 1. The molecule has 0 radical (unpaired) electrons. The smallest absolute Gasteiger partial charge is 0.250 e. The summed E-state index contributed by atoms with van der Waals surface area (Å²) in [6.45, 7) is 3.34. The lowest BCUT2D eigenvalue weighted by atomic mass is 9.83. The summed E-state index contributed by atoms with van der Waals surface area (Å²) in [5, 5.41) is 10.7. The van der Waals surface area contributed by atoms with E-state index in [1.165, 1.54) is 0 Å². The maximum atomic E-state index is 12.1. The Balaban J connectivity index is 1.59. The van der Waals surface area contributed by atoms with E-state index in [1.807, 2.05) is 16.7 Å². The SMILES string of the molecule is O=c1cccc2n1C[C@H]1C[C@H]2CN(Cc2cc(Cl)ccc2O)C1. The van der Waals surface area contributed by atoms with E-state index in [9.17, 15) is 9.90 Å². The number of aromatic hydroxyl groups is 1. The Labute approximate surface area is 139 Å². The van der Waals surface area contributed by atoms with Crippen molar-refractivity contribution in [3.8, 4) is 5.75 Å². The monoisotopic (exact) mass is 330 g/mol. The molecular formula is C18H19ClN2O2. The number of benzene rings is 1. The molecule has 1 fully saturated rings. The van der Waals surface area contributed by atoms with Crippen molar-refractivity contribution in [2.75, 3.05) is 13.1 Å². The van der Waals surface area contributed by atoms with Gasteiger partial charge >= 0.3 is 0 Å². The molecular weight excluding hydrogens is 312 g/mol. The molecule has 4 rings (SSSR count). The van der Waals surface area contributed by atoms with Gasteiger partial charge in [0.15, 0.2) is 0 Å². The van der Waals surface area contributed by atoms with Crippen molar-refractivity contribution in [3.05, 3.63) is 63.0 Å². The van der Waals surface area contributed by atoms with Crippen LogP contribution in [0.15, 0.2) is 41.2 Å². The van der Waals surface area contributed by atoms with Gasteiger partial charge in [-0.15, -0.1) is 0 Å². The van der Waals surface area contributed by atoms with Crippen LogP contribution in [0.4, 0.5) is 0 Å². The fraction of sp³-hybridized carbons (Fsp3) is 0.389. The van der Waals surface area contributed by atoms with Gasteiger partial charge < -0.3 is 9.67 Å². The molecule has 0 saturated carbocycles. The molecule has 4 nitrogen and oxygen atoms in total. The molecule has 2 aliphatic rings. The quantitative estimate of drug-likeness (QED) is 0.921. The summed E-state index contributed by atoms with van der Waals surface area (Å²) >= 11 is 6.05. The molecule has 5 heteroatoms. The van der Waals surface area contributed by atoms with Crippen LogP contribution in [0.1, 0.15) is 23.6 Å². The topological polar surface area (TPSA) is 45.5 Å². The largest absolute Gasteiger partial charge is 0.508 e. The summed E-state index contributed by atoms with van der Waals surface area (Å²) in [5.41, 5.74) is 2.12. The maximum absolute atomic E-state index is 12.1. The number of aromatic nitrogens is 1. The Bertz CT molecular complexity index is 802. The standard InChI is InChI=1S/C18H19ClN2O2/c19-15-4-5-17(22)14(7-15)11-20-8-12-6-13(10-20)16-2-1-3-18(23)21(16)9-12/h1-5,7,12-13,22H,6,8-11H2/t12-,13-/m0/s1. The van der Waals surface area contributed by atoms with Gasteiger partial charge in [-0.25, -0.2) is 0 Å². The molecule has 0 amide bonds. The van der Waals surface area contributed by atoms with Gasteiger partial charge in [-0.3, -0.25) is 9.69 Å². The first-order valence-electron chi connectivity index (χ1n) is 7.99. The molecule has 0 unspecified atom stereocenters. The third kappa shape index (κ3) is 2.77. The Morgan fingerprint density at radius 1 is 1.17 bits per heavy atom. The zero-order valence-corrected chi connectivity index (χ0v) is 13.5. The summed E-state index contributed by atoms with van der Waals surface area (Å²) in [6.07, 6.45) is 1.14. The molecule has 0 spiro atoms. The molecule has 1 saturated heterocycles. The van der Waals surface area contributed by atoms with E-state index in [0.29, 0.717) is 29.2 Å². The summed E-state index contributed by atoms with van der Waals surface area (Å²) in [6, 6.07) is 10.8. The van der Waals surface area contributed by atoms with Crippen molar-refractivity contribution < 1.29 is 5.11 Å². The number of pyridine rings is 1. The van der Waals surface area contributed by atoms with Crippen LogP contribution in [0.3, 0.4) is 0 Å². The Kier molecular flexibility index (Phi) is 3.66. The minimum Gasteiger partial charge on any atom is -0.508 e. The number of rotatable bonds is 2. The van der Waals surface area contributed by atoms with Crippen LogP contribution in [0.2, 0.25) is 5.02 Å². The third-order valence-electron chi connectivity index (χ3n) is 4.99. The van der Waals surface area contributed by atoms with Crippen LogP contribution in [0, 0.1) is 5.92 Å². The molecule has 2 bridgehead atoms. The first kappa shape index (κ1) is 14.8. The molecule has 23 heavy (non-hydrogen) atoms. The van der Waals surface area contributed by atoms with Gasteiger partial charge in [0.25, 0.3) is 5.56 Å². The number of phenolic OH excluding ortho intramolecular Hbond substituents is 1. The second-order valence-corrected chi connectivity index (χ2v) is 7.10. The van der Waals surface area contributed by atoms with Crippen molar-refractivity contribution in [2.24, 2.45) is 5.92 Å². The summed E-state index contributed by atoms with van der Waals surface area (Å²) in [5.74, 6) is 1.17. The van der Waals surface area contributed by atoms with Crippen molar-refractivity contribution in [2.45, 2.75) is 25.4 Å². The van der Waals surface area contributed by atoms with E-state index in [1.54, 1.807) is 18.2 Å². The zero-order chi connectivity index (χ0) is 16.0. The predicted octanol–water partition coefficient (Wildman–Crippen LogP) is 2.83. The van der Waals surface area contributed by atoms with E-state index in [-0.39, 0.29) is 5.56 Å². The molecule has 1 N–H and O–H groups in total. The first-order valence-corrected chi connectivity index (χ1v) is 8.37. The van der Waals surface area contributed by atoms with E-state index >= 15 is 0 Å². The normalized spacial score (nSPS) is 23.5. The van der Waals surface area contributed by atoms with Crippen LogP contribution in [0.25, 0.3) is 0 Å². The molecule has 3 heterocycles. The van der Waals surface area contributed by atoms with Crippen LogP contribution in [-0.4, -0.2) is 27.7 Å². The van der Waals surface area contributed by atoms with Crippen molar-refractivity contribution in [1.29, 1.82) is 0 Å². The summed E-state index contributed by atoms with van der Waals surface area (Å²) < 4.78 is 1.94. The minimum absolute atomic E-state index is 0.109. The van der Waals surface area contributed by atoms with Crippen LogP contribution in [-0.2, 0) is 13.1 Å². The molecule has 120 valence electrons. The van der Waals surface area contributed by atoms with E-state index in [4.69, 9.17) is 11.6 Å². The van der Waals surface area contributed by atoms with E-state index in [0.717, 1.165) is 37.3 Å². The fourth-order valence-electron chi connectivity index (χ4n) is 4.05. The van der Waals surface area contributed by atoms with Crippen molar-refractivity contribution in [1.82, 2.24) is 9.47 Å². The summed E-state index contributed by atoms with van der Waals surface area (Å²) in [4.78, 5) is 14.4. The Morgan fingerprint density at radius 3 is 2.91 bits per heavy atom. The van der Waals surface area contributed by atoms with Gasteiger partial charge in [0.1, 0.15) is 5.75 Å². The van der Waals surface area contributed by atoms with Crippen molar-refractivity contribution in [3.63, 3.8) is 0 Å². The number of halogens is 1. The third-order valence-corrected chi connectivity index (χ3v) is 5.23. The Hall–Kier alpha value is -1.78. The van der Waals surface area contributed by atoms with Crippen LogP contribution >= 0.6 is 11.6 Å². The van der Waals surface area contributed by atoms with Crippen LogP contribution < -0.4 is 5.56 Å². The molecule has 1 aromatic heterocycles. The van der Waals surface area contributed by atoms with Gasteiger partial charge in [0.05, 0.1) is 0 Å². The van der Waals surface area contributed by atoms with Gasteiger partial charge in [-0.05, 0) is 36.6 Å². The molecule has 1 aromatic carbocycles. The van der Waals surface area contributed by atoms with Gasteiger partial charge in [0.2, 0.25) is 0 Å². The molecule has 2 aromatic rings. The predicted molar refractivity (Wildman–Crippen MR) is 89.9 cm³/mol. The van der Waals surface area contributed by atoms with Gasteiger partial charge in [-0.1, -0.05) is 17.7 Å². The second kappa shape index (κ2) is 5.69. The number of fused-ring (bicyclic) bond motifs is 4. The number of nitrogens with zero attached hydrogens (tertiary/aromatic N) is 2. The van der Waals surface area contributed by atoms with E-state index in [2.05, 4.69) is 11.0 Å². The minimum atomic E-state index is 0.109. The highest BCUT2D eigenvalue weighted by atomic mass is 35.5. The lowest BCUT2D eigenvalue weighted by Gasteiger charge is -2.42. The Morgan fingerprint density at radius 2 is 2.04 bits per heavy atom. The highest BCUT2D eigenvalue weighted by molar-refractivity contribution is 6.30. The number of phenols is 1. The zero-order valence-electron chi connectivity index (χ0n) is 12.8. The summed E-state index contributed by atoms with van der Waals surface area (Å²) in [7, 11) is 0. The van der Waals surface area contributed by atoms with E-state index < -0.39 is 0 Å². The number of hydrogen-bond acceptors (Lipinski definition) is 3. The highest BCUT2D eigenvalue weighted by Gasteiger charge is 2.34. The fourth-order valence-corrected chi connectivity index (χ4v) is 4.24. The molecule has 2 atom stereocenters. The average molecular weight is 331 g/mol.